The number of likely N-dealkylation sites (N-methyl/N-ethyl adjacent to an activating group) is 2. The van der Waals surface area contributed by atoms with E-state index in [2.05, 4.69) is 74.4 Å². The molecule has 0 radical (unpaired) electrons. The summed E-state index contributed by atoms with van der Waals surface area (Å²) in [5.74, 6) is 1.73. The van der Waals surface area contributed by atoms with Crippen LogP contribution < -0.4 is 10.5 Å². The summed E-state index contributed by atoms with van der Waals surface area (Å²) >= 11 is 1.63. The Kier molecular flexibility index (Phi) is 10.0. The molecule has 0 unspecified atom stereocenters. The molecule has 3 rings (SSSR count). The molecule has 6 heteroatoms. The number of nitrogens with zero attached hydrogens (tertiary/aromatic N) is 2. The Hall–Kier alpha value is -1.60. The van der Waals surface area contributed by atoms with E-state index in [0.717, 1.165) is 66.9 Å². The van der Waals surface area contributed by atoms with Crippen molar-refractivity contribution in [2.75, 3.05) is 46.6 Å². The fourth-order valence-electron chi connectivity index (χ4n) is 4.34. The first-order valence-corrected chi connectivity index (χ1v) is 13.3. The van der Waals surface area contributed by atoms with Crippen LogP contribution >= 0.6 is 11.3 Å². The molecule has 0 bridgehead atoms. The molecule has 1 saturated carbocycles. The minimum absolute atomic E-state index is 0.265. The van der Waals surface area contributed by atoms with Crippen molar-refractivity contribution >= 4 is 16.3 Å². The molecule has 1 heterocycles. The van der Waals surface area contributed by atoms with Crippen molar-refractivity contribution in [3.63, 3.8) is 0 Å². The largest absolute Gasteiger partial charge is 0.490 e. The van der Waals surface area contributed by atoms with Gasteiger partial charge in [-0.05, 0) is 62.1 Å². The highest BCUT2D eigenvalue weighted by Crippen LogP contribution is 2.37. The van der Waals surface area contributed by atoms with Gasteiger partial charge >= 0.3 is 0 Å². The van der Waals surface area contributed by atoms with Crippen LogP contribution in [0.1, 0.15) is 51.5 Å². The molecule has 184 valence electrons. The Labute approximate surface area is 204 Å². The number of hydrogen-bond acceptors (Lipinski definition) is 6. The number of thiophene rings is 1. The van der Waals surface area contributed by atoms with Gasteiger partial charge in [-0.25, -0.2) is 0 Å². The number of anilines is 1. The monoisotopic (exact) mass is 473 g/mol. The van der Waals surface area contributed by atoms with Crippen LogP contribution in [0.2, 0.25) is 0 Å². The molecule has 5 nitrogen and oxygen atoms in total. The Morgan fingerprint density at radius 3 is 2.36 bits per heavy atom. The average molecular weight is 474 g/mol. The van der Waals surface area contributed by atoms with Crippen molar-refractivity contribution in [3.8, 4) is 16.9 Å². The Morgan fingerprint density at radius 2 is 1.73 bits per heavy atom. The van der Waals surface area contributed by atoms with Crippen molar-refractivity contribution < 1.29 is 9.47 Å². The van der Waals surface area contributed by atoms with Gasteiger partial charge in [-0.2, -0.15) is 0 Å². The molecule has 0 aliphatic heterocycles. The minimum Gasteiger partial charge on any atom is -0.490 e. The smallest absolute Gasteiger partial charge is 0.119 e. The fourth-order valence-corrected chi connectivity index (χ4v) is 5.16. The van der Waals surface area contributed by atoms with Crippen LogP contribution in [0.15, 0.2) is 29.6 Å². The number of ether oxygens (including phenoxy) is 2. The summed E-state index contributed by atoms with van der Waals surface area (Å²) in [6, 6.07) is 8.43. The van der Waals surface area contributed by atoms with Crippen LogP contribution in [0.3, 0.4) is 0 Å². The molecule has 1 aromatic heterocycles. The van der Waals surface area contributed by atoms with E-state index >= 15 is 0 Å². The van der Waals surface area contributed by atoms with Crippen LogP contribution in [-0.2, 0) is 11.3 Å². The van der Waals surface area contributed by atoms with Crippen molar-refractivity contribution in [2.45, 2.75) is 64.7 Å². The van der Waals surface area contributed by atoms with E-state index in [-0.39, 0.29) is 6.10 Å². The predicted octanol–water partition coefficient (Wildman–Crippen LogP) is 5.74. The van der Waals surface area contributed by atoms with Gasteiger partial charge in [-0.1, -0.05) is 38.8 Å². The molecule has 33 heavy (non-hydrogen) atoms. The predicted molar refractivity (Wildman–Crippen MR) is 141 cm³/mol. The molecule has 1 aromatic carbocycles. The highest BCUT2D eigenvalue weighted by Gasteiger charge is 2.31. The lowest BCUT2D eigenvalue weighted by Gasteiger charge is -2.35. The van der Waals surface area contributed by atoms with Crippen LogP contribution in [0.4, 0.5) is 5.00 Å². The second-order valence-corrected chi connectivity index (χ2v) is 10.7. The molecular formula is C27H43N3O2S. The maximum atomic E-state index is 6.36. The summed E-state index contributed by atoms with van der Waals surface area (Å²) in [5.41, 5.74) is 9.98. The SMILES string of the molecule is CCC(CC)CCOC1CC(Oc2ccc(-c3c(CN(C)CCN(C)C)csc3N)cc2)C1. The van der Waals surface area contributed by atoms with E-state index in [4.69, 9.17) is 15.2 Å². The lowest BCUT2D eigenvalue weighted by atomic mass is 9.91. The van der Waals surface area contributed by atoms with Crippen molar-refractivity contribution in [2.24, 2.45) is 5.92 Å². The van der Waals surface area contributed by atoms with Gasteiger partial charge in [0.25, 0.3) is 0 Å². The summed E-state index contributed by atoms with van der Waals surface area (Å²) in [6.45, 7) is 8.39. The third kappa shape index (κ3) is 7.71. The van der Waals surface area contributed by atoms with Crippen molar-refractivity contribution in [3.05, 3.63) is 35.2 Å². The average Bonchev–Trinajstić information content (AvgIpc) is 3.13. The molecular weight excluding hydrogens is 430 g/mol. The number of rotatable bonds is 14. The van der Waals surface area contributed by atoms with Gasteiger partial charge in [0.2, 0.25) is 0 Å². The third-order valence-electron chi connectivity index (χ3n) is 6.80. The van der Waals surface area contributed by atoms with E-state index in [9.17, 15) is 0 Å². The van der Waals surface area contributed by atoms with E-state index < -0.39 is 0 Å². The number of nitrogens with two attached hydrogens (primary N) is 1. The minimum atomic E-state index is 0.265. The van der Waals surface area contributed by atoms with Gasteiger partial charge in [0.05, 0.1) is 11.1 Å². The molecule has 1 aliphatic carbocycles. The summed E-state index contributed by atoms with van der Waals surface area (Å²) in [4.78, 5) is 4.56. The molecule has 0 atom stereocenters. The van der Waals surface area contributed by atoms with E-state index in [1.54, 1.807) is 11.3 Å². The van der Waals surface area contributed by atoms with Gasteiger partial charge in [0.1, 0.15) is 11.9 Å². The van der Waals surface area contributed by atoms with Crippen LogP contribution in [-0.4, -0.2) is 62.8 Å². The second kappa shape index (κ2) is 12.7. The van der Waals surface area contributed by atoms with Gasteiger partial charge in [-0.3, -0.25) is 0 Å². The van der Waals surface area contributed by atoms with Crippen molar-refractivity contribution in [1.29, 1.82) is 0 Å². The Balaban J connectivity index is 1.48. The topological polar surface area (TPSA) is 51.0 Å². The number of nitrogen functional groups attached to an aromatic ring is 1. The molecule has 0 amide bonds. The van der Waals surface area contributed by atoms with Gasteiger partial charge in [0, 0.05) is 44.6 Å². The summed E-state index contributed by atoms with van der Waals surface area (Å²) in [6.07, 6.45) is 6.28. The van der Waals surface area contributed by atoms with Crippen LogP contribution in [0.25, 0.3) is 11.1 Å². The quantitative estimate of drug-likeness (QED) is 0.379. The van der Waals surface area contributed by atoms with E-state index in [1.165, 1.54) is 24.8 Å². The zero-order valence-electron chi connectivity index (χ0n) is 21.2. The zero-order chi connectivity index (χ0) is 23.8. The highest BCUT2D eigenvalue weighted by molar-refractivity contribution is 7.14. The van der Waals surface area contributed by atoms with Gasteiger partial charge in [-0.15, -0.1) is 11.3 Å². The van der Waals surface area contributed by atoms with Crippen molar-refractivity contribution in [1.82, 2.24) is 9.80 Å². The second-order valence-electron chi connectivity index (χ2n) is 9.74. The fraction of sp³-hybridized carbons (Fsp3) is 0.630. The first kappa shape index (κ1) is 26.0. The van der Waals surface area contributed by atoms with E-state index in [0.29, 0.717) is 6.10 Å². The Morgan fingerprint density at radius 1 is 1.03 bits per heavy atom. The van der Waals surface area contributed by atoms with Crippen LogP contribution in [0.5, 0.6) is 5.75 Å². The van der Waals surface area contributed by atoms with Gasteiger partial charge < -0.3 is 25.0 Å². The molecule has 2 N–H and O–H groups in total. The lowest BCUT2D eigenvalue weighted by molar-refractivity contribution is -0.0639. The summed E-state index contributed by atoms with van der Waals surface area (Å²) in [5, 5.41) is 3.07. The molecule has 1 aliphatic rings. The highest BCUT2D eigenvalue weighted by atomic mass is 32.1. The maximum absolute atomic E-state index is 6.36. The normalized spacial score (nSPS) is 18.3. The molecule has 0 saturated heterocycles. The molecule has 1 fully saturated rings. The van der Waals surface area contributed by atoms with Gasteiger partial charge in [0.15, 0.2) is 0 Å². The molecule has 0 spiro atoms. The lowest BCUT2D eigenvalue weighted by Crippen LogP contribution is -2.39. The molecule has 2 aromatic rings. The number of hydrogen-bond donors (Lipinski definition) is 1. The third-order valence-corrected chi connectivity index (χ3v) is 7.66. The zero-order valence-corrected chi connectivity index (χ0v) is 22.0. The number of benzene rings is 1. The maximum Gasteiger partial charge on any atom is 0.119 e. The first-order chi connectivity index (χ1) is 15.9. The summed E-state index contributed by atoms with van der Waals surface area (Å²) < 4.78 is 12.2. The van der Waals surface area contributed by atoms with Crippen LogP contribution in [0, 0.1) is 5.92 Å². The first-order valence-electron chi connectivity index (χ1n) is 12.5. The summed E-state index contributed by atoms with van der Waals surface area (Å²) in [7, 11) is 6.38. The van der Waals surface area contributed by atoms with E-state index in [1.807, 2.05) is 0 Å². The Bertz CT molecular complexity index is 826. The standard InChI is InChI=1S/C27H43N3O2S/c1-6-20(7-2)12-15-31-24-16-25(17-24)32-23-10-8-21(9-11-23)26-22(19-33-27(26)28)18-30(5)14-13-29(3)4/h8-11,19-20,24-25H,6-7,12-18,28H2,1-5H3.